The van der Waals surface area contributed by atoms with E-state index in [9.17, 15) is 4.79 Å². The largest absolute Gasteiger partial charge is 0.497 e. The lowest BCUT2D eigenvalue weighted by Gasteiger charge is -2.00. The molecule has 0 fully saturated rings. The molecule has 0 spiro atoms. The Hall–Kier alpha value is -2.97. The standard InChI is InChI=1S/C11H13N7O2/c1-20-9-4-2-8(3-5-9)6-13-14-10(19)7-18-11(12)15-16-17-18/h2-6H,7H2,1H3,(H,14,19)(H2,12,15,17). The van der Waals surface area contributed by atoms with E-state index in [4.69, 9.17) is 10.5 Å². The van der Waals surface area contributed by atoms with E-state index in [2.05, 4.69) is 26.1 Å². The molecule has 1 heterocycles. The summed E-state index contributed by atoms with van der Waals surface area (Å²) >= 11 is 0. The SMILES string of the molecule is COc1ccc(C=NNC(=O)Cn2nnnc2N)cc1. The van der Waals surface area contributed by atoms with Gasteiger partial charge in [-0.05, 0) is 40.3 Å². The number of nitrogens with two attached hydrogens (primary N) is 1. The summed E-state index contributed by atoms with van der Waals surface area (Å²) in [6.07, 6.45) is 1.51. The zero-order chi connectivity index (χ0) is 14.4. The van der Waals surface area contributed by atoms with Crippen molar-refractivity contribution in [2.24, 2.45) is 5.10 Å². The molecule has 0 saturated heterocycles. The number of rotatable bonds is 5. The minimum absolute atomic E-state index is 0.0688. The van der Waals surface area contributed by atoms with Gasteiger partial charge >= 0.3 is 0 Å². The summed E-state index contributed by atoms with van der Waals surface area (Å²) < 4.78 is 6.20. The molecule has 9 nitrogen and oxygen atoms in total. The fourth-order valence-electron chi connectivity index (χ4n) is 1.36. The first-order valence-corrected chi connectivity index (χ1v) is 5.66. The number of aromatic nitrogens is 4. The van der Waals surface area contributed by atoms with Crippen molar-refractivity contribution in [2.45, 2.75) is 6.54 Å². The molecule has 104 valence electrons. The molecule has 0 radical (unpaired) electrons. The monoisotopic (exact) mass is 275 g/mol. The third-order valence-corrected chi connectivity index (χ3v) is 2.37. The van der Waals surface area contributed by atoms with E-state index in [0.29, 0.717) is 0 Å². The quantitative estimate of drug-likeness (QED) is 0.556. The van der Waals surface area contributed by atoms with Crippen LogP contribution in [-0.2, 0) is 11.3 Å². The van der Waals surface area contributed by atoms with E-state index in [1.54, 1.807) is 19.2 Å². The molecule has 2 rings (SSSR count). The number of hydrazone groups is 1. The Morgan fingerprint density at radius 1 is 1.50 bits per heavy atom. The van der Waals surface area contributed by atoms with Gasteiger partial charge in [-0.3, -0.25) is 4.79 Å². The van der Waals surface area contributed by atoms with Crippen molar-refractivity contribution in [2.75, 3.05) is 12.8 Å². The number of hydrogen-bond acceptors (Lipinski definition) is 7. The summed E-state index contributed by atoms with van der Waals surface area (Å²) in [4.78, 5) is 11.5. The van der Waals surface area contributed by atoms with Crippen LogP contribution in [-0.4, -0.2) is 39.4 Å². The summed E-state index contributed by atoms with van der Waals surface area (Å²) in [5.74, 6) is 0.438. The molecule has 0 aliphatic heterocycles. The number of nitrogens with one attached hydrogen (secondary N) is 1. The van der Waals surface area contributed by atoms with Crippen molar-refractivity contribution in [1.82, 2.24) is 25.6 Å². The van der Waals surface area contributed by atoms with Gasteiger partial charge in [-0.1, -0.05) is 5.10 Å². The van der Waals surface area contributed by atoms with Crippen molar-refractivity contribution < 1.29 is 9.53 Å². The molecule has 0 unspecified atom stereocenters. The molecule has 0 aliphatic rings. The minimum Gasteiger partial charge on any atom is -0.497 e. The van der Waals surface area contributed by atoms with E-state index in [1.807, 2.05) is 12.1 Å². The Bertz CT molecular complexity index is 605. The molecule has 9 heteroatoms. The minimum atomic E-state index is -0.381. The van der Waals surface area contributed by atoms with Crippen LogP contribution in [0.2, 0.25) is 0 Å². The summed E-state index contributed by atoms with van der Waals surface area (Å²) in [6, 6.07) is 7.22. The van der Waals surface area contributed by atoms with Crippen molar-refractivity contribution >= 4 is 18.1 Å². The van der Waals surface area contributed by atoms with Crippen LogP contribution < -0.4 is 15.9 Å². The predicted molar refractivity (Wildman–Crippen MR) is 71.0 cm³/mol. The zero-order valence-electron chi connectivity index (χ0n) is 10.7. The molecule has 20 heavy (non-hydrogen) atoms. The maximum Gasteiger partial charge on any atom is 0.261 e. The van der Waals surface area contributed by atoms with Crippen LogP contribution in [0.5, 0.6) is 5.75 Å². The lowest BCUT2D eigenvalue weighted by molar-refractivity contribution is -0.121. The molecule has 0 bridgehead atoms. The fourth-order valence-corrected chi connectivity index (χ4v) is 1.36. The van der Waals surface area contributed by atoms with E-state index in [0.717, 1.165) is 16.0 Å². The topological polar surface area (TPSA) is 120 Å². The van der Waals surface area contributed by atoms with Gasteiger partial charge in [-0.15, -0.1) is 0 Å². The van der Waals surface area contributed by atoms with Crippen molar-refractivity contribution in [3.63, 3.8) is 0 Å². The highest BCUT2D eigenvalue weighted by molar-refractivity contribution is 5.82. The number of tetrazole rings is 1. The van der Waals surface area contributed by atoms with Gasteiger partial charge in [0.1, 0.15) is 12.3 Å². The molecular weight excluding hydrogens is 262 g/mol. The van der Waals surface area contributed by atoms with E-state index >= 15 is 0 Å². The first-order chi connectivity index (χ1) is 9.69. The van der Waals surface area contributed by atoms with Gasteiger partial charge in [-0.2, -0.15) is 5.10 Å². The van der Waals surface area contributed by atoms with Crippen LogP contribution in [0.1, 0.15) is 5.56 Å². The molecule has 2 aromatic rings. The van der Waals surface area contributed by atoms with Gasteiger partial charge in [0.2, 0.25) is 5.95 Å². The Balaban J connectivity index is 1.86. The van der Waals surface area contributed by atoms with Crippen molar-refractivity contribution in [3.05, 3.63) is 29.8 Å². The zero-order valence-corrected chi connectivity index (χ0v) is 10.7. The summed E-state index contributed by atoms with van der Waals surface area (Å²) in [5.41, 5.74) is 8.61. The van der Waals surface area contributed by atoms with Crippen LogP contribution in [0.3, 0.4) is 0 Å². The number of nitrogens with zero attached hydrogens (tertiary/aromatic N) is 5. The maximum atomic E-state index is 11.5. The molecule has 3 N–H and O–H groups in total. The van der Waals surface area contributed by atoms with Crippen LogP contribution in [0, 0.1) is 0 Å². The lowest BCUT2D eigenvalue weighted by atomic mass is 10.2. The normalized spacial score (nSPS) is 10.7. The summed E-state index contributed by atoms with van der Waals surface area (Å²) in [5, 5.41) is 14.2. The van der Waals surface area contributed by atoms with Crippen LogP contribution in [0.25, 0.3) is 0 Å². The second kappa shape index (κ2) is 6.27. The molecule has 0 saturated carbocycles. The Morgan fingerprint density at radius 3 is 2.85 bits per heavy atom. The van der Waals surface area contributed by atoms with E-state index in [1.165, 1.54) is 6.21 Å². The first-order valence-electron chi connectivity index (χ1n) is 5.66. The van der Waals surface area contributed by atoms with Gasteiger partial charge in [0.15, 0.2) is 0 Å². The third-order valence-electron chi connectivity index (χ3n) is 2.37. The Labute approximate surface area is 114 Å². The van der Waals surface area contributed by atoms with Crippen LogP contribution in [0.15, 0.2) is 29.4 Å². The number of carbonyl (C=O) groups excluding carboxylic acids is 1. The number of methoxy groups -OCH3 is 1. The number of amides is 1. The number of hydrogen-bond donors (Lipinski definition) is 2. The highest BCUT2D eigenvalue weighted by atomic mass is 16.5. The highest BCUT2D eigenvalue weighted by Crippen LogP contribution is 2.09. The lowest BCUT2D eigenvalue weighted by Crippen LogP contribution is -2.24. The number of anilines is 1. The molecule has 1 aromatic heterocycles. The van der Waals surface area contributed by atoms with E-state index < -0.39 is 0 Å². The van der Waals surface area contributed by atoms with Gasteiger partial charge in [0.05, 0.1) is 13.3 Å². The molecule has 0 atom stereocenters. The van der Waals surface area contributed by atoms with Gasteiger partial charge in [0.25, 0.3) is 5.91 Å². The molecular formula is C11H13N7O2. The third kappa shape index (κ3) is 3.51. The number of benzene rings is 1. The first kappa shape index (κ1) is 13.5. The molecule has 1 amide bonds. The predicted octanol–water partition coefficient (Wildman–Crippen LogP) is -0.586. The molecule has 1 aromatic carbocycles. The average Bonchev–Trinajstić information content (AvgIpc) is 2.85. The van der Waals surface area contributed by atoms with Gasteiger partial charge < -0.3 is 10.5 Å². The number of ether oxygens (including phenoxy) is 1. The van der Waals surface area contributed by atoms with Gasteiger partial charge in [-0.25, -0.2) is 10.1 Å². The summed E-state index contributed by atoms with van der Waals surface area (Å²) in [6.45, 7) is -0.0984. The van der Waals surface area contributed by atoms with E-state index in [-0.39, 0.29) is 18.4 Å². The van der Waals surface area contributed by atoms with Crippen LogP contribution in [0.4, 0.5) is 5.95 Å². The second-order valence-corrected chi connectivity index (χ2v) is 3.76. The average molecular weight is 275 g/mol. The van der Waals surface area contributed by atoms with Crippen LogP contribution >= 0.6 is 0 Å². The Kier molecular flexibility index (Phi) is 4.22. The van der Waals surface area contributed by atoms with Crippen molar-refractivity contribution in [1.29, 1.82) is 0 Å². The number of carbonyl (C=O) groups is 1. The van der Waals surface area contributed by atoms with Gasteiger partial charge in [0, 0.05) is 0 Å². The maximum absolute atomic E-state index is 11.5. The second-order valence-electron chi connectivity index (χ2n) is 3.76. The highest BCUT2D eigenvalue weighted by Gasteiger charge is 2.06. The smallest absolute Gasteiger partial charge is 0.261 e. The van der Waals surface area contributed by atoms with Crippen molar-refractivity contribution in [3.8, 4) is 5.75 Å². The Morgan fingerprint density at radius 2 is 2.25 bits per heavy atom. The summed E-state index contributed by atoms with van der Waals surface area (Å²) in [7, 11) is 1.59. The fraction of sp³-hybridized carbons (Fsp3) is 0.182. The number of nitrogen functional groups attached to an aromatic ring is 1. The molecule has 0 aliphatic carbocycles.